The van der Waals surface area contributed by atoms with Crippen LogP contribution in [0, 0.1) is 29.1 Å². The van der Waals surface area contributed by atoms with Crippen LogP contribution >= 0.6 is 0 Å². The fraction of sp³-hybridized carbons (Fsp3) is 0.750. The Morgan fingerprint density at radius 2 is 1.31 bits per heavy atom. The first-order valence-corrected chi connectivity index (χ1v) is 7.27. The average Bonchev–Trinajstić information content (AvgIpc) is 2.96. The minimum Gasteiger partial charge on any atom is -0.0740 e. The van der Waals surface area contributed by atoms with E-state index in [9.17, 15) is 0 Å². The molecule has 0 amide bonds. The van der Waals surface area contributed by atoms with Crippen molar-refractivity contribution in [2.75, 3.05) is 0 Å². The zero-order valence-electron chi connectivity index (χ0n) is 10.1. The largest absolute Gasteiger partial charge is 0.0740 e. The quantitative estimate of drug-likeness (QED) is 0.563. The van der Waals surface area contributed by atoms with E-state index in [0.717, 1.165) is 23.7 Å². The summed E-state index contributed by atoms with van der Waals surface area (Å²) in [7, 11) is 0. The van der Waals surface area contributed by atoms with Crippen molar-refractivity contribution in [1.82, 2.24) is 0 Å². The Morgan fingerprint density at radius 3 is 1.88 bits per heavy atom. The lowest BCUT2D eigenvalue weighted by Gasteiger charge is -2.49. The molecule has 4 rings (SSSR count). The first-order chi connectivity index (χ1) is 7.90. The van der Waals surface area contributed by atoms with Crippen LogP contribution in [0.1, 0.15) is 44.9 Å². The Bertz CT molecular complexity index is 315. The van der Waals surface area contributed by atoms with Crippen LogP contribution < -0.4 is 0 Å². The molecule has 0 aliphatic heterocycles. The predicted octanol–water partition coefficient (Wildman–Crippen LogP) is 4.34. The van der Waals surface area contributed by atoms with Crippen molar-refractivity contribution < 1.29 is 0 Å². The Morgan fingerprint density at radius 1 is 0.750 bits per heavy atom. The van der Waals surface area contributed by atoms with Crippen LogP contribution in [0.25, 0.3) is 0 Å². The van der Waals surface area contributed by atoms with Gasteiger partial charge in [0.15, 0.2) is 0 Å². The first kappa shape index (κ1) is 9.50. The highest BCUT2D eigenvalue weighted by Crippen LogP contribution is 2.63. The molecule has 0 saturated heterocycles. The maximum Gasteiger partial charge on any atom is 0.0129 e. The third kappa shape index (κ3) is 1.06. The summed E-state index contributed by atoms with van der Waals surface area (Å²) in [6, 6.07) is 0. The highest BCUT2D eigenvalue weighted by molar-refractivity contribution is 5.30. The fourth-order valence-corrected chi connectivity index (χ4v) is 5.61. The second kappa shape index (κ2) is 3.24. The van der Waals surface area contributed by atoms with E-state index in [-0.39, 0.29) is 0 Å². The summed E-state index contributed by atoms with van der Waals surface area (Å²) in [4.78, 5) is 0. The number of rotatable bonds is 0. The molecule has 0 N–H and O–H groups in total. The molecule has 0 bridgehead atoms. The van der Waals surface area contributed by atoms with Crippen LogP contribution in [0.4, 0.5) is 0 Å². The normalized spacial score (nSPS) is 47.5. The molecule has 16 heavy (non-hydrogen) atoms. The van der Waals surface area contributed by atoms with Crippen LogP contribution in [0.3, 0.4) is 0 Å². The second-order valence-corrected chi connectivity index (χ2v) is 6.55. The Labute approximate surface area is 98.8 Å². The predicted molar refractivity (Wildman–Crippen MR) is 67.0 cm³/mol. The van der Waals surface area contributed by atoms with Gasteiger partial charge in [0.05, 0.1) is 0 Å². The Balaban J connectivity index is 1.79. The molecule has 0 aromatic heterocycles. The Hall–Kier alpha value is -0.520. The van der Waals surface area contributed by atoms with E-state index in [1.54, 1.807) is 6.42 Å². The molecule has 0 aromatic rings. The molecule has 3 saturated carbocycles. The molecular formula is C16H22. The van der Waals surface area contributed by atoms with Crippen molar-refractivity contribution in [3.8, 4) is 0 Å². The maximum atomic E-state index is 2.58. The summed E-state index contributed by atoms with van der Waals surface area (Å²) in [5, 5.41) is 0. The molecule has 4 atom stereocenters. The third-order valence-corrected chi connectivity index (χ3v) is 6.09. The molecule has 86 valence electrons. The van der Waals surface area contributed by atoms with E-state index in [2.05, 4.69) is 24.3 Å². The molecule has 3 fully saturated rings. The molecule has 0 nitrogen and oxygen atoms in total. The highest BCUT2D eigenvalue weighted by Gasteiger charge is 2.55. The third-order valence-electron chi connectivity index (χ3n) is 6.09. The molecule has 4 aliphatic rings. The van der Waals surface area contributed by atoms with Crippen LogP contribution in [-0.4, -0.2) is 0 Å². The number of fused-ring (bicyclic) bond motifs is 4. The average molecular weight is 214 g/mol. The van der Waals surface area contributed by atoms with Gasteiger partial charge in [0.2, 0.25) is 0 Å². The summed E-state index contributed by atoms with van der Waals surface area (Å²) in [5.41, 5.74) is 0.514. The molecular weight excluding hydrogens is 192 g/mol. The lowest BCUT2D eigenvalue weighted by Crippen LogP contribution is -2.43. The van der Waals surface area contributed by atoms with Crippen molar-refractivity contribution in [3.63, 3.8) is 0 Å². The van der Waals surface area contributed by atoms with E-state index >= 15 is 0 Å². The van der Waals surface area contributed by atoms with Gasteiger partial charge in [0, 0.05) is 5.41 Å². The minimum atomic E-state index is 0.514. The van der Waals surface area contributed by atoms with Gasteiger partial charge in [-0.2, -0.15) is 0 Å². The van der Waals surface area contributed by atoms with E-state index in [0.29, 0.717) is 5.41 Å². The molecule has 0 aromatic carbocycles. The monoisotopic (exact) mass is 214 g/mol. The summed E-state index contributed by atoms with van der Waals surface area (Å²) in [6.07, 6.45) is 20.4. The summed E-state index contributed by atoms with van der Waals surface area (Å²) in [5.74, 6) is 4.13. The maximum absolute atomic E-state index is 2.58. The van der Waals surface area contributed by atoms with E-state index < -0.39 is 0 Å². The zero-order chi connectivity index (χ0) is 10.6. The number of hydrogen-bond donors (Lipinski definition) is 0. The van der Waals surface area contributed by atoms with Gasteiger partial charge in [-0.25, -0.2) is 0 Å². The zero-order valence-corrected chi connectivity index (χ0v) is 10.1. The molecule has 0 heteroatoms. The minimum absolute atomic E-state index is 0.514. The standard InChI is InChI=1S/C16H22/c1-2-10-16(9-1)14-7-3-5-12(14)11-13-6-4-8-15(13)16/h1-2,9-10,12-15H,3-8,11H2. The van der Waals surface area contributed by atoms with Gasteiger partial charge in [-0.3, -0.25) is 0 Å². The van der Waals surface area contributed by atoms with Gasteiger partial charge in [-0.15, -0.1) is 0 Å². The molecule has 0 heterocycles. The summed E-state index contributed by atoms with van der Waals surface area (Å²) in [6.45, 7) is 0. The van der Waals surface area contributed by atoms with Crippen LogP contribution in [-0.2, 0) is 0 Å². The van der Waals surface area contributed by atoms with Crippen molar-refractivity contribution in [3.05, 3.63) is 24.3 Å². The van der Waals surface area contributed by atoms with Crippen molar-refractivity contribution in [1.29, 1.82) is 0 Å². The van der Waals surface area contributed by atoms with Crippen LogP contribution in [0.5, 0.6) is 0 Å². The van der Waals surface area contributed by atoms with Crippen molar-refractivity contribution in [2.45, 2.75) is 44.9 Å². The highest BCUT2D eigenvalue weighted by atomic mass is 14.6. The molecule has 4 aliphatic carbocycles. The SMILES string of the molecule is C1=CC2(C=C1)C1CCCC1CC1CCCC12. The lowest BCUT2D eigenvalue weighted by molar-refractivity contribution is 0.0486. The van der Waals surface area contributed by atoms with Gasteiger partial charge in [0.25, 0.3) is 0 Å². The van der Waals surface area contributed by atoms with E-state index in [1.165, 1.54) is 38.5 Å². The van der Waals surface area contributed by atoms with E-state index in [1.807, 2.05) is 0 Å². The lowest BCUT2D eigenvalue weighted by atomic mass is 9.55. The number of allylic oxidation sites excluding steroid dienone is 4. The summed E-state index contributed by atoms with van der Waals surface area (Å²) < 4.78 is 0. The van der Waals surface area contributed by atoms with Crippen LogP contribution in [0.15, 0.2) is 24.3 Å². The van der Waals surface area contributed by atoms with Gasteiger partial charge in [-0.05, 0) is 42.9 Å². The van der Waals surface area contributed by atoms with Gasteiger partial charge in [0.1, 0.15) is 0 Å². The smallest absolute Gasteiger partial charge is 0.0129 e. The summed E-state index contributed by atoms with van der Waals surface area (Å²) >= 11 is 0. The first-order valence-electron chi connectivity index (χ1n) is 7.27. The molecule has 1 spiro atoms. The number of hydrogen-bond acceptors (Lipinski definition) is 0. The Kier molecular flexibility index (Phi) is 1.93. The molecule has 4 unspecified atom stereocenters. The van der Waals surface area contributed by atoms with Gasteiger partial charge >= 0.3 is 0 Å². The van der Waals surface area contributed by atoms with Crippen molar-refractivity contribution >= 4 is 0 Å². The molecule has 0 radical (unpaired) electrons. The second-order valence-electron chi connectivity index (χ2n) is 6.55. The fourth-order valence-electron chi connectivity index (χ4n) is 5.61. The topological polar surface area (TPSA) is 0 Å². The van der Waals surface area contributed by atoms with Gasteiger partial charge < -0.3 is 0 Å². The van der Waals surface area contributed by atoms with Gasteiger partial charge in [-0.1, -0.05) is 50.0 Å². The van der Waals surface area contributed by atoms with Crippen molar-refractivity contribution in [2.24, 2.45) is 29.1 Å². The van der Waals surface area contributed by atoms with E-state index in [4.69, 9.17) is 0 Å². The van der Waals surface area contributed by atoms with Crippen LogP contribution in [0.2, 0.25) is 0 Å².